The van der Waals surface area contributed by atoms with Crippen molar-refractivity contribution in [1.29, 1.82) is 0 Å². The highest BCUT2D eigenvalue weighted by atomic mass is 16.5. The molecule has 0 aromatic carbocycles. The molecule has 0 spiro atoms. The van der Waals surface area contributed by atoms with Crippen LogP contribution in [0.5, 0.6) is 0 Å². The molecule has 0 saturated carbocycles. The average Bonchev–Trinajstić information content (AvgIpc) is 2.04. The molecular weight excluding hydrogens is 162 g/mol. The lowest BCUT2D eigenvalue weighted by molar-refractivity contribution is 0.0271. The summed E-state index contributed by atoms with van der Waals surface area (Å²) in [4.78, 5) is 2.14. The lowest BCUT2D eigenvalue weighted by Gasteiger charge is -2.19. The molecule has 0 aromatic heterocycles. The first-order chi connectivity index (χ1) is 6.20. The van der Waals surface area contributed by atoms with E-state index in [0.717, 1.165) is 19.7 Å². The third-order valence-electron chi connectivity index (χ3n) is 1.50. The van der Waals surface area contributed by atoms with Gasteiger partial charge in [-0.2, -0.15) is 0 Å². The van der Waals surface area contributed by atoms with Crippen LogP contribution in [-0.2, 0) is 4.74 Å². The maximum atomic E-state index is 5.49. The largest absolute Gasteiger partial charge is 0.366 e. The van der Waals surface area contributed by atoms with Gasteiger partial charge in [0.05, 0.1) is 13.3 Å². The molecule has 2 heteroatoms. The second kappa shape index (κ2) is 8.02. The zero-order valence-electron chi connectivity index (χ0n) is 8.83. The van der Waals surface area contributed by atoms with Crippen LogP contribution in [0.4, 0.5) is 0 Å². The molecule has 0 aliphatic carbocycles. The van der Waals surface area contributed by atoms with E-state index in [-0.39, 0.29) is 0 Å². The summed E-state index contributed by atoms with van der Waals surface area (Å²) < 4.78 is 5.49. The third kappa shape index (κ3) is 7.75. The van der Waals surface area contributed by atoms with E-state index in [9.17, 15) is 0 Å². The van der Waals surface area contributed by atoms with E-state index in [2.05, 4.69) is 31.9 Å². The summed E-state index contributed by atoms with van der Waals surface area (Å²) in [5, 5.41) is 0. The normalized spacial score (nSPS) is 10.8. The van der Waals surface area contributed by atoms with Crippen LogP contribution in [-0.4, -0.2) is 31.3 Å². The smallest absolute Gasteiger partial charge is 0.0995 e. The van der Waals surface area contributed by atoms with Crippen molar-refractivity contribution in [3.8, 4) is 0 Å². The standard InChI is InChI=1S/C11H21NO/c1-5-7-12(8-6-2)10-13-9-11(3)4/h5-6,11H,1-2,7-10H2,3-4H3. The highest BCUT2D eigenvalue weighted by Gasteiger charge is 2.00. The number of hydrogen-bond donors (Lipinski definition) is 0. The van der Waals surface area contributed by atoms with Gasteiger partial charge in [-0.3, -0.25) is 4.90 Å². The van der Waals surface area contributed by atoms with Gasteiger partial charge in [0.25, 0.3) is 0 Å². The molecule has 0 rings (SSSR count). The van der Waals surface area contributed by atoms with E-state index < -0.39 is 0 Å². The lowest BCUT2D eigenvalue weighted by atomic mass is 10.2. The molecule has 13 heavy (non-hydrogen) atoms. The molecule has 2 nitrogen and oxygen atoms in total. The Kier molecular flexibility index (Phi) is 7.65. The maximum absolute atomic E-state index is 5.49. The van der Waals surface area contributed by atoms with Crippen molar-refractivity contribution in [3.05, 3.63) is 25.3 Å². The van der Waals surface area contributed by atoms with Crippen molar-refractivity contribution < 1.29 is 4.74 Å². The van der Waals surface area contributed by atoms with E-state index >= 15 is 0 Å². The van der Waals surface area contributed by atoms with E-state index in [1.807, 2.05) is 12.2 Å². The van der Waals surface area contributed by atoms with Crippen LogP contribution in [0.3, 0.4) is 0 Å². The zero-order chi connectivity index (χ0) is 10.1. The Hall–Kier alpha value is -0.600. The SMILES string of the molecule is C=CCN(CC=C)COCC(C)C. The Balaban J connectivity index is 3.55. The number of ether oxygens (including phenoxy) is 1. The Bertz CT molecular complexity index is 133. The van der Waals surface area contributed by atoms with Crippen molar-refractivity contribution in [3.63, 3.8) is 0 Å². The Labute approximate surface area is 81.9 Å². The van der Waals surface area contributed by atoms with Gasteiger partial charge in [0.2, 0.25) is 0 Å². The van der Waals surface area contributed by atoms with Crippen LogP contribution in [0.25, 0.3) is 0 Å². The van der Waals surface area contributed by atoms with Crippen molar-refractivity contribution in [2.24, 2.45) is 5.92 Å². The molecule has 0 aromatic rings. The van der Waals surface area contributed by atoms with E-state index in [4.69, 9.17) is 4.74 Å². The fourth-order valence-corrected chi connectivity index (χ4v) is 0.963. The van der Waals surface area contributed by atoms with Crippen LogP contribution in [0.15, 0.2) is 25.3 Å². The van der Waals surface area contributed by atoms with Gasteiger partial charge in [0.1, 0.15) is 0 Å². The van der Waals surface area contributed by atoms with Gasteiger partial charge in [-0.15, -0.1) is 13.2 Å². The zero-order valence-corrected chi connectivity index (χ0v) is 8.83. The van der Waals surface area contributed by atoms with Crippen LogP contribution < -0.4 is 0 Å². The number of nitrogens with zero attached hydrogens (tertiary/aromatic N) is 1. The molecule has 0 bridgehead atoms. The summed E-state index contributed by atoms with van der Waals surface area (Å²) in [6.45, 7) is 14.9. The fourth-order valence-electron chi connectivity index (χ4n) is 0.963. The minimum Gasteiger partial charge on any atom is -0.366 e. The van der Waals surface area contributed by atoms with Gasteiger partial charge < -0.3 is 4.74 Å². The van der Waals surface area contributed by atoms with E-state index in [1.165, 1.54) is 0 Å². The molecule has 0 radical (unpaired) electrons. The van der Waals surface area contributed by atoms with Gasteiger partial charge in [0.15, 0.2) is 0 Å². The molecular formula is C11H21NO. The quantitative estimate of drug-likeness (QED) is 0.423. The summed E-state index contributed by atoms with van der Waals surface area (Å²) >= 11 is 0. The number of rotatable bonds is 8. The summed E-state index contributed by atoms with van der Waals surface area (Å²) in [5.41, 5.74) is 0. The lowest BCUT2D eigenvalue weighted by Crippen LogP contribution is -2.27. The van der Waals surface area contributed by atoms with Gasteiger partial charge >= 0.3 is 0 Å². The molecule has 0 heterocycles. The highest BCUT2D eigenvalue weighted by Crippen LogP contribution is 1.95. The van der Waals surface area contributed by atoms with Crippen LogP contribution >= 0.6 is 0 Å². The molecule has 0 fully saturated rings. The van der Waals surface area contributed by atoms with Gasteiger partial charge in [-0.05, 0) is 5.92 Å². The first kappa shape index (κ1) is 12.4. The molecule has 0 atom stereocenters. The minimum absolute atomic E-state index is 0.592. The Morgan fingerprint density at radius 1 is 1.23 bits per heavy atom. The molecule has 0 saturated heterocycles. The van der Waals surface area contributed by atoms with Gasteiger partial charge in [-0.25, -0.2) is 0 Å². The van der Waals surface area contributed by atoms with Gasteiger partial charge in [0, 0.05) is 13.1 Å². The second-order valence-corrected chi connectivity index (χ2v) is 3.51. The van der Waals surface area contributed by atoms with Crippen molar-refractivity contribution in [1.82, 2.24) is 4.90 Å². The summed E-state index contributed by atoms with van der Waals surface area (Å²) in [6, 6.07) is 0. The topological polar surface area (TPSA) is 12.5 Å². The maximum Gasteiger partial charge on any atom is 0.0995 e. The average molecular weight is 183 g/mol. The fraction of sp³-hybridized carbons (Fsp3) is 0.636. The Morgan fingerprint density at radius 3 is 2.15 bits per heavy atom. The summed E-state index contributed by atoms with van der Waals surface area (Å²) in [6.07, 6.45) is 3.75. The van der Waals surface area contributed by atoms with Crippen LogP contribution in [0.2, 0.25) is 0 Å². The summed E-state index contributed by atoms with van der Waals surface area (Å²) in [7, 11) is 0. The van der Waals surface area contributed by atoms with E-state index in [1.54, 1.807) is 0 Å². The molecule has 0 aliphatic rings. The first-order valence-corrected chi connectivity index (χ1v) is 4.72. The van der Waals surface area contributed by atoms with E-state index in [0.29, 0.717) is 12.6 Å². The first-order valence-electron chi connectivity index (χ1n) is 4.72. The van der Waals surface area contributed by atoms with Gasteiger partial charge in [-0.1, -0.05) is 26.0 Å². The Morgan fingerprint density at radius 2 is 1.77 bits per heavy atom. The van der Waals surface area contributed by atoms with Crippen LogP contribution in [0.1, 0.15) is 13.8 Å². The monoisotopic (exact) mass is 183 g/mol. The third-order valence-corrected chi connectivity index (χ3v) is 1.50. The molecule has 0 N–H and O–H groups in total. The molecule has 76 valence electrons. The molecule has 0 aliphatic heterocycles. The highest BCUT2D eigenvalue weighted by molar-refractivity contribution is 4.78. The second-order valence-electron chi connectivity index (χ2n) is 3.51. The number of hydrogen-bond acceptors (Lipinski definition) is 2. The van der Waals surface area contributed by atoms with Crippen LogP contribution in [0, 0.1) is 5.92 Å². The predicted molar refractivity (Wildman–Crippen MR) is 57.6 cm³/mol. The predicted octanol–water partition coefficient (Wildman–Crippen LogP) is 2.29. The van der Waals surface area contributed by atoms with Crippen molar-refractivity contribution >= 4 is 0 Å². The molecule has 0 amide bonds. The van der Waals surface area contributed by atoms with Crippen molar-refractivity contribution in [2.45, 2.75) is 13.8 Å². The molecule has 0 unspecified atom stereocenters. The van der Waals surface area contributed by atoms with Crippen molar-refractivity contribution in [2.75, 3.05) is 26.4 Å². The minimum atomic E-state index is 0.592. The summed E-state index contributed by atoms with van der Waals surface area (Å²) in [5.74, 6) is 0.592.